The summed E-state index contributed by atoms with van der Waals surface area (Å²) in [5.74, 6) is -1.07. The lowest BCUT2D eigenvalue weighted by Crippen LogP contribution is -2.16. The van der Waals surface area contributed by atoms with Gasteiger partial charge in [-0.15, -0.1) is 0 Å². The summed E-state index contributed by atoms with van der Waals surface area (Å²) in [4.78, 5) is 24.7. The number of sulfonamides is 1. The fourth-order valence-electron chi connectivity index (χ4n) is 2.71. The van der Waals surface area contributed by atoms with Gasteiger partial charge in [0, 0.05) is 11.4 Å². The van der Waals surface area contributed by atoms with Gasteiger partial charge >= 0.3 is 5.97 Å². The van der Waals surface area contributed by atoms with Crippen molar-refractivity contribution in [3.05, 3.63) is 88.9 Å². The van der Waals surface area contributed by atoms with E-state index in [0.717, 1.165) is 0 Å². The number of anilines is 2. The van der Waals surface area contributed by atoms with Gasteiger partial charge in [-0.05, 0) is 55.5 Å². The minimum Gasteiger partial charge on any atom is -0.462 e. The fourth-order valence-corrected chi connectivity index (χ4v) is 3.99. The summed E-state index contributed by atoms with van der Waals surface area (Å²) in [6.45, 7) is 1.93. The molecule has 3 rings (SSSR count). The molecule has 0 aliphatic rings. The van der Waals surface area contributed by atoms with Crippen LogP contribution in [0.15, 0.2) is 77.7 Å². The Hall–Kier alpha value is -3.36. The van der Waals surface area contributed by atoms with Crippen LogP contribution in [0.4, 0.5) is 11.4 Å². The predicted octanol–water partition coefficient (Wildman–Crippen LogP) is 4.57. The van der Waals surface area contributed by atoms with Gasteiger partial charge in [-0.25, -0.2) is 13.2 Å². The Labute approximate surface area is 185 Å². The largest absolute Gasteiger partial charge is 0.462 e. The molecule has 31 heavy (non-hydrogen) atoms. The highest BCUT2D eigenvalue weighted by Crippen LogP contribution is 2.24. The molecule has 0 spiro atoms. The first-order chi connectivity index (χ1) is 14.8. The first-order valence-electron chi connectivity index (χ1n) is 9.26. The van der Waals surface area contributed by atoms with E-state index in [1.165, 1.54) is 36.4 Å². The van der Waals surface area contributed by atoms with Gasteiger partial charge in [0.25, 0.3) is 15.9 Å². The molecular formula is C22H19ClN2O5S. The van der Waals surface area contributed by atoms with Crippen LogP contribution < -0.4 is 10.0 Å². The second-order valence-corrected chi connectivity index (χ2v) is 8.46. The van der Waals surface area contributed by atoms with Crippen molar-refractivity contribution >= 4 is 44.9 Å². The molecule has 0 atom stereocenters. The zero-order valence-electron chi connectivity index (χ0n) is 16.5. The van der Waals surface area contributed by atoms with Crippen molar-refractivity contribution in [3.63, 3.8) is 0 Å². The number of ether oxygens (including phenoxy) is 1. The summed E-state index contributed by atoms with van der Waals surface area (Å²) in [5, 5.41) is 2.79. The Morgan fingerprint density at radius 3 is 2.39 bits per heavy atom. The molecule has 3 aromatic rings. The molecule has 0 radical (unpaired) electrons. The van der Waals surface area contributed by atoms with Gasteiger partial charge in [0.05, 0.1) is 27.7 Å². The maximum atomic E-state index is 12.7. The topological polar surface area (TPSA) is 102 Å². The third-order valence-corrected chi connectivity index (χ3v) is 5.88. The quantitative estimate of drug-likeness (QED) is 0.505. The van der Waals surface area contributed by atoms with Crippen LogP contribution in [0.3, 0.4) is 0 Å². The zero-order valence-corrected chi connectivity index (χ0v) is 18.0. The van der Waals surface area contributed by atoms with E-state index in [2.05, 4.69) is 10.0 Å². The molecule has 0 aromatic heterocycles. The number of carbonyl (C=O) groups is 2. The Kier molecular flexibility index (Phi) is 6.94. The fraction of sp³-hybridized carbons (Fsp3) is 0.0909. The van der Waals surface area contributed by atoms with Crippen LogP contribution in [-0.2, 0) is 14.8 Å². The summed E-state index contributed by atoms with van der Waals surface area (Å²) < 4.78 is 32.4. The molecule has 160 valence electrons. The van der Waals surface area contributed by atoms with E-state index in [-0.39, 0.29) is 33.3 Å². The average molecular weight is 459 g/mol. The molecule has 2 N–H and O–H groups in total. The first-order valence-corrected chi connectivity index (χ1v) is 11.1. The number of carbonyl (C=O) groups excluding carboxylic acids is 2. The predicted molar refractivity (Wildman–Crippen MR) is 119 cm³/mol. The van der Waals surface area contributed by atoms with E-state index in [1.807, 2.05) is 0 Å². The Balaban J connectivity index is 1.81. The summed E-state index contributed by atoms with van der Waals surface area (Å²) in [6.07, 6.45) is 0. The highest BCUT2D eigenvalue weighted by molar-refractivity contribution is 7.92. The molecule has 0 bridgehead atoms. The maximum Gasteiger partial charge on any atom is 0.338 e. The summed E-state index contributed by atoms with van der Waals surface area (Å²) in [7, 11) is -3.82. The molecule has 0 saturated heterocycles. The highest BCUT2D eigenvalue weighted by Gasteiger charge is 2.17. The maximum absolute atomic E-state index is 12.7. The minimum atomic E-state index is -3.82. The van der Waals surface area contributed by atoms with Crippen molar-refractivity contribution in [2.75, 3.05) is 16.6 Å². The molecule has 9 heteroatoms. The van der Waals surface area contributed by atoms with E-state index in [0.29, 0.717) is 5.69 Å². The lowest BCUT2D eigenvalue weighted by Gasteiger charge is -2.12. The van der Waals surface area contributed by atoms with E-state index in [1.54, 1.807) is 43.3 Å². The van der Waals surface area contributed by atoms with E-state index >= 15 is 0 Å². The van der Waals surface area contributed by atoms with Gasteiger partial charge in [0.2, 0.25) is 0 Å². The van der Waals surface area contributed by atoms with Crippen LogP contribution in [0.2, 0.25) is 5.02 Å². The van der Waals surface area contributed by atoms with E-state index < -0.39 is 21.9 Å². The van der Waals surface area contributed by atoms with Crippen molar-refractivity contribution in [2.24, 2.45) is 0 Å². The van der Waals surface area contributed by atoms with E-state index in [9.17, 15) is 18.0 Å². The summed E-state index contributed by atoms with van der Waals surface area (Å²) >= 11 is 6.16. The average Bonchev–Trinajstić information content (AvgIpc) is 2.76. The molecular weight excluding hydrogens is 440 g/mol. The summed E-state index contributed by atoms with van der Waals surface area (Å²) in [5.41, 5.74) is 0.896. The molecule has 0 saturated carbocycles. The third-order valence-electron chi connectivity index (χ3n) is 4.15. The van der Waals surface area contributed by atoms with Gasteiger partial charge in [-0.3, -0.25) is 9.52 Å². The molecule has 0 unspecified atom stereocenters. The van der Waals surface area contributed by atoms with Gasteiger partial charge in [-0.2, -0.15) is 0 Å². The molecule has 3 aromatic carbocycles. The number of hydrogen-bond acceptors (Lipinski definition) is 5. The smallest absolute Gasteiger partial charge is 0.338 e. The van der Waals surface area contributed by atoms with Crippen LogP contribution in [0, 0.1) is 0 Å². The van der Waals surface area contributed by atoms with E-state index in [4.69, 9.17) is 16.3 Å². The Morgan fingerprint density at radius 2 is 1.68 bits per heavy atom. The minimum absolute atomic E-state index is 0.0662. The van der Waals surface area contributed by atoms with Crippen molar-refractivity contribution in [1.29, 1.82) is 0 Å². The van der Waals surface area contributed by atoms with Crippen LogP contribution >= 0.6 is 11.6 Å². The molecule has 0 heterocycles. The molecule has 1 amide bonds. The molecule has 0 aliphatic carbocycles. The van der Waals surface area contributed by atoms with Crippen LogP contribution in [0.1, 0.15) is 27.6 Å². The van der Waals surface area contributed by atoms with Crippen molar-refractivity contribution in [1.82, 2.24) is 0 Å². The number of rotatable bonds is 7. The number of benzene rings is 3. The standard InChI is InChI=1S/C22H19ClN2O5S/c1-2-30-22(27)15-7-6-8-16(13-15)24-21(26)19-14-17(11-12-20(19)23)25-31(28,29)18-9-4-3-5-10-18/h3-14,25H,2H2,1H3,(H,24,26). The number of halogens is 1. The van der Waals surface area contributed by atoms with Crippen molar-refractivity contribution < 1.29 is 22.7 Å². The zero-order chi connectivity index (χ0) is 22.4. The first kappa shape index (κ1) is 22.3. The van der Waals surface area contributed by atoms with Gasteiger partial charge in [0.15, 0.2) is 0 Å². The number of hydrogen-bond donors (Lipinski definition) is 2. The second kappa shape index (κ2) is 9.63. The Morgan fingerprint density at radius 1 is 0.935 bits per heavy atom. The SMILES string of the molecule is CCOC(=O)c1cccc(NC(=O)c2cc(NS(=O)(=O)c3ccccc3)ccc2Cl)c1. The molecule has 7 nitrogen and oxygen atoms in total. The number of esters is 1. The monoisotopic (exact) mass is 458 g/mol. The lowest BCUT2D eigenvalue weighted by molar-refractivity contribution is 0.0526. The lowest BCUT2D eigenvalue weighted by atomic mass is 10.1. The van der Waals surface area contributed by atoms with Crippen LogP contribution in [-0.4, -0.2) is 26.9 Å². The summed E-state index contributed by atoms with van der Waals surface area (Å²) in [6, 6.07) is 18.3. The van der Waals surface area contributed by atoms with Gasteiger partial charge in [-0.1, -0.05) is 35.9 Å². The van der Waals surface area contributed by atoms with Crippen molar-refractivity contribution in [2.45, 2.75) is 11.8 Å². The number of amides is 1. The normalized spacial score (nSPS) is 10.9. The molecule has 0 aliphatic heterocycles. The van der Waals surface area contributed by atoms with Crippen molar-refractivity contribution in [3.8, 4) is 0 Å². The van der Waals surface area contributed by atoms with Crippen LogP contribution in [0.5, 0.6) is 0 Å². The Bertz CT molecular complexity index is 1210. The van der Waals surface area contributed by atoms with Gasteiger partial charge in [0.1, 0.15) is 0 Å². The second-order valence-electron chi connectivity index (χ2n) is 6.37. The van der Waals surface area contributed by atoms with Gasteiger partial charge < -0.3 is 10.1 Å². The third kappa shape index (κ3) is 5.62. The van der Waals surface area contributed by atoms with Crippen LogP contribution in [0.25, 0.3) is 0 Å². The highest BCUT2D eigenvalue weighted by atomic mass is 35.5. The number of nitrogens with one attached hydrogen (secondary N) is 2. The molecule has 0 fully saturated rings.